The smallest absolute Gasteiger partial charge is 0.0621 e. The number of nitriles is 1. The monoisotopic (exact) mass is 229 g/mol. The Bertz CT molecular complexity index is 336. The van der Waals surface area contributed by atoms with Gasteiger partial charge in [0.2, 0.25) is 0 Å². The molecule has 0 saturated heterocycles. The SMILES string of the molecule is CCC(C)CCC(CCC#N)c1ccccc1. The molecule has 2 unspecified atom stereocenters. The van der Waals surface area contributed by atoms with E-state index in [1.807, 2.05) is 0 Å². The van der Waals surface area contributed by atoms with Crippen LogP contribution in [-0.2, 0) is 0 Å². The second kappa shape index (κ2) is 7.90. The van der Waals surface area contributed by atoms with Crippen LogP contribution in [0.3, 0.4) is 0 Å². The molecule has 1 aromatic rings. The molecule has 2 atom stereocenters. The van der Waals surface area contributed by atoms with Crippen LogP contribution in [0.1, 0.15) is 57.4 Å². The van der Waals surface area contributed by atoms with E-state index in [1.165, 1.54) is 24.8 Å². The van der Waals surface area contributed by atoms with Gasteiger partial charge in [-0.2, -0.15) is 5.26 Å². The topological polar surface area (TPSA) is 23.8 Å². The molecular weight excluding hydrogens is 206 g/mol. The summed E-state index contributed by atoms with van der Waals surface area (Å²) in [5.41, 5.74) is 1.39. The van der Waals surface area contributed by atoms with Gasteiger partial charge in [-0.05, 0) is 30.2 Å². The highest BCUT2D eigenvalue weighted by molar-refractivity contribution is 5.19. The standard InChI is InChI=1S/C16H23N/c1-3-14(2)11-12-16(10-7-13-17)15-8-5-4-6-9-15/h4-6,8-9,14,16H,3,7,10-12H2,1-2H3. The highest BCUT2D eigenvalue weighted by atomic mass is 14.2. The molecule has 0 fully saturated rings. The Labute approximate surface area is 105 Å². The van der Waals surface area contributed by atoms with Gasteiger partial charge in [0.05, 0.1) is 6.07 Å². The molecular formula is C16H23N. The van der Waals surface area contributed by atoms with E-state index in [0.717, 1.165) is 12.3 Å². The summed E-state index contributed by atoms with van der Waals surface area (Å²) in [6.07, 6.45) is 5.39. The first-order valence-electron chi connectivity index (χ1n) is 6.69. The van der Waals surface area contributed by atoms with Crippen LogP contribution in [0.4, 0.5) is 0 Å². The predicted octanol–water partition coefficient (Wildman–Crippen LogP) is 4.90. The van der Waals surface area contributed by atoms with Crippen LogP contribution >= 0.6 is 0 Å². The first kappa shape index (κ1) is 13.8. The van der Waals surface area contributed by atoms with Gasteiger partial charge in [0.1, 0.15) is 0 Å². The minimum absolute atomic E-state index is 0.560. The first-order chi connectivity index (χ1) is 8.27. The van der Waals surface area contributed by atoms with Crippen LogP contribution in [-0.4, -0.2) is 0 Å². The number of hydrogen-bond acceptors (Lipinski definition) is 1. The molecule has 0 spiro atoms. The molecule has 17 heavy (non-hydrogen) atoms. The summed E-state index contributed by atoms with van der Waals surface area (Å²) in [5, 5.41) is 8.74. The Kier molecular flexibility index (Phi) is 6.40. The molecule has 0 aliphatic heterocycles. The van der Waals surface area contributed by atoms with Gasteiger partial charge >= 0.3 is 0 Å². The van der Waals surface area contributed by atoms with Gasteiger partial charge in [-0.1, -0.05) is 57.0 Å². The highest BCUT2D eigenvalue weighted by Crippen LogP contribution is 2.28. The lowest BCUT2D eigenvalue weighted by atomic mass is 9.87. The quantitative estimate of drug-likeness (QED) is 0.652. The number of rotatable bonds is 7. The van der Waals surface area contributed by atoms with E-state index >= 15 is 0 Å². The third-order valence-corrected chi connectivity index (χ3v) is 3.58. The van der Waals surface area contributed by atoms with Crippen molar-refractivity contribution in [2.45, 2.75) is 51.9 Å². The molecule has 1 nitrogen and oxygen atoms in total. The lowest BCUT2D eigenvalue weighted by Crippen LogP contribution is -2.02. The van der Waals surface area contributed by atoms with Crippen molar-refractivity contribution in [3.8, 4) is 6.07 Å². The Hall–Kier alpha value is -1.29. The van der Waals surface area contributed by atoms with Crippen LogP contribution in [0.2, 0.25) is 0 Å². The fraction of sp³-hybridized carbons (Fsp3) is 0.562. The second-order valence-corrected chi connectivity index (χ2v) is 4.90. The molecule has 1 aromatic carbocycles. The average molecular weight is 229 g/mol. The van der Waals surface area contributed by atoms with E-state index in [-0.39, 0.29) is 0 Å². The summed E-state index contributed by atoms with van der Waals surface area (Å²) in [5.74, 6) is 1.35. The fourth-order valence-electron chi connectivity index (χ4n) is 2.13. The van der Waals surface area contributed by atoms with Crippen molar-refractivity contribution in [3.05, 3.63) is 35.9 Å². The van der Waals surface area contributed by atoms with Gasteiger partial charge in [-0.3, -0.25) is 0 Å². The summed E-state index contributed by atoms with van der Waals surface area (Å²) >= 11 is 0. The van der Waals surface area contributed by atoms with Crippen molar-refractivity contribution < 1.29 is 0 Å². The maximum Gasteiger partial charge on any atom is 0.0621 e. The predicted molar refractivity (Wildman–Crippen MR) is 72.7 cm³/mol. The summed E-state index contributed by atoms with van der Waals surface area (Å²) in [7, 11) is 0. The Morgan fingerprint density at radius 2 is 1.82 bits per heavy atom. The van der Waals surface area contributed by atoms with E-state index in [1.54, 1.807) is 0 Å². The van der Waals surface area contributed by atoms with Crippen molar-refractivity contribution in [3.63, 3.8) is 0 Å². The van der Waals surface area contributed by atoms with Gasteiger partial charge in [-0.25, -0.2) is 0 Å². The Balaban J connectivity index is 2.58. The zero-order valence-electron chi connectivity index (χ0n) is 11.0. The summed E-state index contributed by atoms with van der Waals surface area (Å²) in [6, 6.07) is 12.9. The maximum absolute atomic E-state index is 8.74. The molecule has 92 valence electrons. The zero-order valence-corrected chi connectivity index (χ0v) is 11.0. The molecule has 0 aromatic heterocycles. The van der Waals surface area contributed by atoms with Crippen LogP contribution in [0.5, 0.6) is 0 Å². The largest absolute Gasteiger partial charge is 0.198 e. The van der Waals surface area contributed by atoms with Crippen molar-refractivity contribution >= 4 is 0 Å². The van der Waals surface area contributed by atoms with Crippen molar-refractivity contribution in [2.24, 2.45) is 5.92 Å². The average Bonchev–Trinajstić information content (AvgIpc) is 2.39. The minimum atomic E-state index is 0.560. The van der Waals surface area contributed by atoms with Crippen molar-refractivity contribution in [2.75, 3.05) is 0 Å². The van der Waals surface area contributed by atoms with Crippen molar-refractivity contribution in [1.82, 2.24) is 0 Å². The van der Waals surface area contributed by atoms with Crippen LogP contribution in [0.15, 0.2) is 30.3 Å². The van der Waals surface area contributed by atoms with E-state index in [2.05, 4.69) is 50.2 Å². The fourth-order valence-corrected chi connectivity index (χ4v) is 2.13. The summed E-state index contributed by atoms with van der Waals surface area (Å²) in [6.45, 7) is 4.56. The first-order valence-corrected chi connectivity index (χ1v) is 6.69. The highest BCUT2D eigenvalue weighted by Gasteiger charge is 2.12. The Morgan fingerprint density at radius 1 is 1.12 bits per heavy atom. The third-order valence-electron chi connectivity index (χ3n) is 3.58. The maximum atomic E-state index is 8.74. The molecule has 0 aliphatic rings. The van der Waals surface area contributed by atoms with Gasteiger partial charge in [0, 0.05) is 6.42 Å². The molecule has 1 heteroatoms. The normalized spacial score (nSPS) is 13.9. The third kappa shape index (κ3) is 5.04. The van der Waals surface area contributed by atoms with Crippen LogP contribution in [0.25, 0.3) is 0 Å². The van der Waals surface area contributed by atoms with Crippen molar-refractivity contribution in [1.29, 1.82) is 5.26 Å². The van der Waals surface area contributed by atoms with Crippen LogP contribution < -0.4 is 0 Å². The number of hydrogen-bond donors (Lipinski definition) is 0. The summed E-state index contributed by atoms with van der Waals surface area (Å²) < 4.78 is 0. The molecule has 0 aliphatic carbocycles. The number of nitrogens with zero attached hydrogens (tertiary/aromatic N) is 1. The minimum Gasteiger partial charge on any atom is -0.198 e. The van der Waals surface area contributed by atoms with Gasteiger partial charge in [-0.15, -0.1) is 0 Å². The molecule has 0 N–H and O–H groups in total. The van der Waals surface area contributed by atoms with E-state index < -0.39 is 0 Å². The molecule has 0 heterocycles. The molecule has 0 saturated carbocycles. The second-order valence-electron chi connectivity index (χ2n) is 4.90. The lowest BCUT2D eigenvalue weighted by Gasteiger charge is -2.18. The van der Waals surface area contributed by atoms with Gasteiger partial charge in [0.25, 0.3) is 0 Å². The molecule has 1 rings (SSSR count). The van der Waals surface area contributed by atoms with Gasteiger partial charge < -0.3 is 0 Å². The lowest BCUT2D eigenvalue weighted by molar-refractivity contribution is 0.449. The van der Waals surface area contributed by atoms with E-state index in [4.69, 9.17) is 5.26 Å². The molecule has 0 bridgehead atoms. The van der Waals surface area contributed by atoms with Gasteiger partial charge in [0.15, 0.2) is 0 Å². The summed E-state index contributed by atoms with van der Waals surface area (Å²) in [4.78, 5) is 0. The number of benzene rings is 1. The van der Waals surface area contributed by atoms with E-state index in [0.29, 0.717) is 12.3 Å². The van der Waals surface area contributed by atoms with E-state index in [9.17, 15) is 0 Å². The zero-order chi connectivity index (χ0) is 12.5. The molecule has 0 radical (unpaired) electrons. The Morgan fingerprint density at radius 3 is 2.41 bits per heavy atom. The molecule has 0 amide bonds. The van der Waals surface area contributed by atoms with Crippen LogP contribution in [0, 0.1) is 17.2 Å².